The van der Waals surface area contributed by atoms with Gasteiger partial charge in [-0.1, -0.05) is 23.7 Å². The molecule has 0 bridgehead atoms. The van der Waals surface area contributed by atoms with Gasteiger partial charge in [-0.05, 0) is 37.3 Å². The number of benzene rings is 2. The second-order valence-electron chi connectivity index (χ2n) is 5.80. The number of nitrogens with zero attached hydrogens (tertiary/aromatic N) is 2. The molecule has 0 N–H and O–H groups in total. The number of amides is 1. The molecule has 0 atom stereocenters. The van der Waals surface area contributed by atoms with Gasteiger partial charge in [-0.15, -0.1) is 0 Å². The molecule has 1 fully saturated rings. The van der Waals surface area contributed by atoms with E-state index in [-0.39, 0.29) is 16.5 Å². The van der Waals surface area contributed by atoms with Crippen molar-refractivity contribution in [3.63, 3.8) is 0 Å². The molecule has 1 aliphatic heterocycles. The summed E-state index contributed by atoms with van der Waals surface area (Å²) in [6.45, 7) is 4.96. The van der Waals surface area contributed by atoms with Gasteiger partial charge in [-0.2, -0.15) is 0 Å². The molecule has 3 rings (SSSR count). The molecule has 6 heteroatoms. The minimum absolute atomic E-state index is 0.0626. The first-order valence-corrected chi connectivity index (χ1v) is 8.69. The summed E-state index contributed by atoms with van der Waals surface area (Å²) < 4.78 is 19.7. The maximum absolute atomic E-state index is 14.0. The monoisotopic (exact) mass is 362 g/mol. The molecule has 0 radical (unpaired) electrons. The second-order valence-corrected chi connectivity index (χ2v) is 6.24. The van der Waals surface area contributed by atoms with Crippen LogP contribution in [0.15, 0.2) is 42.5 Å². The average Bonchev–Trinajstić information content (AvgIpc) is 2.62. The van der Waals surface area contributed by atoms with Gasteiger partial charge in [-0.3, -0.25) is 4.79 Å². The SMILES string of the molecule is CCOc1ccccc1N1CCN(C(=O)c2ccc(Cl)cc2F)CC1. The molecule has 0 unspecified atom stereocenters. The highest BCUT2D eigenvalue weighted by Gasteiger charge is 2.25. The highest BCUT2D eigenvalue weighted by molar-refractivity contribution is 6.30. The Bertz CT molecular complexity index is 761. The van der Waals surface area contributed by atoms with Crippen LogP contribution < -0.4 is 9.64 Å². The van der Waals surface area contributed by atoms with Gasteiger partial charge in [0.25, 0.3) is 5.91 Å². The first kappa shape index (κ1) is 17.5. The summed E-state index contributed by atoms with van der Waals surface area (Å²) in [5.41, 5.74) is 1.08. The Hall–Kier alpha value is -2.27. The van der Waals surface area contributed by atoms with E-state index in [4.69, 9.17) is 16.3 Å². The molecule has 0 spiro atoms. The zero-order valence-electron chi connectivity index (χ0n) is 14.0. The Morgan fingerprint density at radius 3 is 2.56 bits per heavy atom. The molecule has 1 heterocycles. The zero-order valence-corrected chi connectivity index (χ0v) is 14.8. The van der Waals surface area contributed by atoms with Crippen molar-refractivity contribution in [2.75, 3.05) is 37.7 Å². The van der Waals surface area contributed by atoms with Crippen LogP contribution in [0, 0.1) is 5.82 Å². The Balaban J connectivity index is 1.69. The zero-order chi connectivity index (χ0) is 17.8. The van der Waals surface area contributed by atoms with Gasteiger partial charge in [0.15, 0.2) is 0 Å². The molecule has 0 aliphatic carbocycles. The van der Waals surface area contributed by atoms with Crippen LogP contribution in [0.5, 0.6) is 5.75 Å². The van der Waals surface area contributed by atoms with E-state index < -0.39 is 5.82 Å². The summed E-state index contributed by atoms with van der Waals surface area (Å²) in [7, 11) is 0. The van der Waals surface area contributed by atoms with Gasteiger partial charge in [0, 0.05) is 31.2 Å². The number of ether oxygens (including phenoxy) is 1. The number of carbonyl (C=O) groups is 1. The minimum Gasteiger partial charge on any atom is -0.492 e. The number of halogens is 2. The standard InChI is InChI=1S/C19H20ClFN2O2/c1-2-25-18-6-4-3-5-17(18)22-9-11-23(12-10-22)19(24)15-8-7-14(20)13-16(15)21/h3-8,13H,2,9-12H2,1H3. The van der Waals surface area contributed by atoms with Crippen molar-refractivity contribution in [1.82, 2.24) is 4.90 Å². The largest absolute Gasteiger partial charge is 0.492 e. The van der Waals surface area contributed by atoms with Crippen molar-refractivity contribution in [3.8, 4) is 5.75 Å². The Kier molecular flexibility index (Phi) is 5.43. The van der Waals surface area contributed by atoms with E-state index in [2.05, 4.69) is 4.90 Å². The third-order valence-electron chi connectivity index (χ3n) is 4.23. The second kappa shape index (κ2) is 7.74. The number of carbonyl (C=O) groups excluding carboxylic acids is 1. The van der Waals surface area contributed by atoms with Crippen molar-refractivity contribution >= 4 is 23.2 Å². The molecule has 2 aromatic carbocycles. The first-order chi connectivity index (χ1) is 12.1. The van der Waals surface area contributed by atoms with E-state index in [1.54, 1.807) is 4.90 Å². The van der Waals surface area contributed by atoms with Crippen LogP contribution in [-0.2, 0) is 0 Å². The highest BCUT2D eigenvalue weighted by Crippen LogP contribution is 2.29. The van der Waals surface area contributed by atoms with Crippen LogP contribution in [0.25, 0.3) is 0 Å². The van der Waals surface area contributed by atoms with E-state index in [0.717, 1.165) is 11.4 Å². The summed E-state index contributed by atoms with van der Waals surface area (Å²) in [6, 6.07) is 12.0. The summed E-state index contributed by atoms with van der Waals surface area (Å²) >= 11 is 5.75. The quantitative estimate of drug-likeness (QED) is 0.828. The fourth-order valence-electron chi connectivity index (χ4n) is 2.98. The number of para-hydroxylation sites is 2. The van der Waals surface area contributed by atoms with E-state index >= 15 is 0 Å². The van der Waals surface area contributed by atoms with Crippen LogP contribution in [0.3, 0.4) is 0 Å². The number of piperazine rings is 1. The Labute approximate surface area is 151 Å². The Morgan fingerprint density at radius 2 is 1.88 bits per heavy atom. The van der Waals surface area contributed by atoms with Gasteiger partial charge in [-0.25, -0.2) is 4.39 Å². The molecule has 0 saturated carbocycles. The molecular formula is C19H20ClFN2O2. The third-order valence-corrected chi connectivity index (χ3v) is 4.47. The van der Waals surface area contributed by atoms with Crippen LogP contribution in [0.1, 0.15) is 17.3 Å². The first-order valence-electron chi connectivity index (χ1n) is 8.31. The van der Waals surface area contributed by atoms with Crippen molar-refractivity contribution in [1.29, 1.82) is 0 Å². The lowest BCUT2D eigenvalue weighted by atomic mass is 10.1. The Morgan fingerprint density at radius 1 is 1.16 bits per heavy atom. The van der Waals surface area contributed by atoms with E-state index in [1.807, 2.05) is 31.2 Å². The molecule has 2 aromatic rings. The normalized spacial score (nSPS) is 14.5. The van der Waals surface area contributed by atoms with Gasteiger partial charge in [0.1, 0.15) is 11.6 Å². The van der Waals surface area contributed by atoms with Crippen LogP contribution >= 0.6 is 11.6 Å². The van der Waals surface area contributed by atoms with Crippen molar-refractivity contribution in [2.24, 2.45) is 0 Å². The topological polar surface area (TPSA) is 32.8 Å². The lowest BCUT2D eigenvalue weighted by Crippen LogP contribution is -2.49. The fraction of sp³-hybridized carbons (Fsp3) is 0.316. The number of hydrogen-bond donors (Lipinski definition) is 0. The average molecular weight is 363 g/mol. The molecule has 132 valence electrons. The molecule has 1 aliphatic rings. The van der Waals surface area contributed by atoms with Crippen LogP contribution in [0.2, 0.25) is 5.02 Å². The molecular weight excluding hydrogens is 343 g/mol. The number of anilines is 1. The van der Waals surface area contributed by atoms with Crippen LogP contribution in [0.4, 0.5) is 10.1 Å². The number of hydrogen-bond acceptors (Lipinski definition) is 3. The maximum atomic E-state index is 14.0. The number of rotatable bonds is 4. The summed E-state index contributed by atoms with van der Waals surface area (Å²) in [5.74, 6) is -0.0398. The molecule has 4 nitrogen and oxygen atoms in total. The predicted octanol–water partition coefficient (Wildman–Crippen LogP) is 3.84. The summed E-state index contributed by atoms with van der Waals surface area (Å²) in [4.78, 5) is 16.4. The summed E-state index contributed by atoms with van der Waals surface area (Å²) in [5, 5.41) is 0.284. The molecule has 1 saturated heterocycles. The third kappa shape index (κ3) is 3.87. The fourth-order valence-corrected chi connectivity index (χ4v) is 3.14. The van der Waals surface area contributed by atoms with E-state index in [0.29, 0.717) is 32.8 Å². The van der Waals surface area contributed by atoms with Crippen molar-refractivity contribution in [2.45, 2.75) is 6.92 Å². The molecule has 0 aromatic heterocycles. The van der Waals surface area contributed by atoms with Crippen molar-refractivity contribution < 1.29 is 13.9 Å². The smallest absolute Gasteiger partial charge is 0.256 e. The van der Waals surface area contributed by atoms with E-state index in [1.165, 1.54) is 18.2 Å². The highest BCUT2D eigenvalue weighted by atomic mass is 35.5. The lowest BCUT2D eigenvalue weighted by molar-refractivity contribution is 0.0742. The predicted molar refractivity (Wildman–Crippen MR) is 97.1 cm³/mol. The van der Waals surface area contributed by atoms with E-state index in [9.17, 15) is 9.18 Å². The lowest BCUT2D eigenvalue weighted by Gasteiger charge is -2.36. The molecule has 1 amide bonds. The van der Waals surface area contributed by atoms with Gasteiger partial charge in [0.05, 0.1) is 17.9 Å². The van der Waals surface area contributed by atoms with Crippen molar-refractivity contribution in [3.05, 3.63) is 58.9 Å². The van der Waals surface area contributed by atoms with Gasteiger partial charge >= 0.3 is 0 Å². The molecule has 25 heavy (non-hydrogen) atoms. The van der Waals surface area contributed by atoms with Crippen LogP contribution in [-0.4, -0.2) is 43.6 Å². The minimum atomic E-state index is -0.582. The summed E-state index contributed by atoms with van der Waals surface area (Å²) in [6.07, 6.45) is 0. The maximum Gasteiger partial charge on any atom is 0.256 e. The van der Waals surface area contributed by atoms with Gasteiger partial charge in [0.2, 0.25) is 0 Å². The van der Waals surface area contributed by atoms with Gasteiger partial charge < -0.3 is 14.5 Å².